The van der Waals surface area contributed by atoms with Crippen molar-refractivity contribution in [2.24, 2.45) is 5.73 Å². The maximum Gasteiger partial charge on any atom is 0.249 e. The number of aromatic nitrogens is 1. The van der Waals surface area contributed by atoms with Crippen molar-refractivity contribution in [2.75, 3.05) is 0 Å². The topological polar surface area (TPSA) is 48.0 Å². The van der Waals surface area contributed by atoms with Crippen LogP contribution >= 0.6 is 11.6 Å². The van der Waals surface area contributed by atoms with Gasteiger partial charge in [0.15, 0.2) is 0 Å². The first-order valence-electron chi connectivity index (χ1n) is 7.81. The van der Waals surface area contributed by atoms with Crippen molar-refractivity contribution in [1.82, 2.24) is 4.57 Å². The predicted octanol–water partition coefficient (Wildman–Crippen LogP) is 4.67. The summed E-state index contributed by atoms with van der Waals surface area (Å²) in [6, 6.07) is 14.9. The van der Waals surface area contributed by atoms with Gasteiger partial charge in [-0.15, -0.1) is 0 Å². The van der Waals surface area contributed by atoms with Crippen LogP contribution in [-0.4, -0.2) is 10.5 Å². The van der Waals surface area contributed by atoms with Gasteiger partial charge in [-0.2, -0.15) is 0 Å². The molecule has 3 aromatic carbocycles. The van der Waals surface area contributed by atoms with Crippen molar-refractivity contribution in [1.29, 1.82) is 0 Å². The second-order valence-electron chi connectivity index (χ2n) is 6.01. The number of carbonyl (C=O) groups is 1. The first-order valence-corrected chi connectivity index (χ1v) is 8.19. The lowest BCUT2D eigenvalue weighted by Gasteiger charge is -2.09. The predicted molar refractivity (Wildman–Crippen MR) is 97.3 cm³/mol. The number of fused-ring (bicyclic) bond motifs is 3. The van der Waals surface area contributed by atoms with Gasteiger partial charge >= 0.3 is 0 Å². The van der Waals surface area contributed by atoms with Crippen LogP contribution in [-0.2, 0) is 6.54 Å². The second kappa shape index (κ2) is 6.11. The average molecular weight is 370 g/mol. The van der Waals surface area contributed by atoms with Gasteiger partial charge in [0.05, 0.1) is 11.0 Å². The summed E-state index contributed by atoms with van der Waals surface area (Å²) in [6.45, 7) is 0.199. The summed E-state index contributed by atoms with van der Waals surface area (Å²) in [5, 5.41) is 1.78. The number of amides is 1. The molecule has 0 atom stereocenters. The van der Waals surface area contributed by atoms with Crippen molar-refractivity contribution in [3.63, 3.8) is 0 Å². The van der Waals surface area contributed by atoms with Crippen LogP contribution in [0.2, 0.25) is 5.02 Å². The van der Waals surface area contributed by atoms with Crippen molar-refractivity contribution in [2.45, 2.75) is 6.54 Å². The number of hydrogen-bond acceptors (Lipinski definition) is 1. The Balaban J connectivity index is 2.04. The molecular formula is C20H12ClF2N2O. The normalized spacial score (nSPS) is 11.3. The molecule has 0 aliphatic heterocycles. The molecule has 0 bridgehead atoms. The molecular weight excluding hydrogens is 358 g/mol. The van der Waals surface area contributed by atoms with E-state index in [1.165, 1.54) is 12.1 Å². The van der Waals surface area contributed by atoms with Crippen molar-refractivity contribution < 1.29 is 13.6 Å². The minimum absolute atomic E-state index is 0.199. The fraction of sp³-hybridized carbons (Fsp3) is 0.0500. The van der Waals surface area contributed by atoms with Gasteiger partial charge in [0.2, 0.25) is 5.91 Å². The average Bonchev–Trinajstić information content (AvgIpc) is 2.87. The number of halogens is 3. The lowest BCUT2D eigenvalue weighted by Crippen LogP contribution is -2.11. The summed E-state index contributed by atoms with van der Waals surface area (Å²) in [6.07, 6.45) is 0. The molecule has 129 valence electrons. The highest BCUT2D eigenvalue weighted by Crippen LogP contribution is 2.33. The highest BCUT2D eigenvalue weighted by molar-refractivity contribution is 6.31. The van der Waals surface area contributed by atoms with Crippen molar-refractivity contribution in [3.05, 3.63) is 82.4 Å². The molecule has 1 heterocycles. The van der Waals surface area contributed by atoms with Gasteiger partial charge < -0.3 is 10.3 Å². The van der Waals surface area contributed by atoms with Crippen LogP contribution in [0.15, 0.2) is 48.5 Å². The summed E-state index contributed by atoms with van der Waals surface area (Å²) in [5.74, 6) is -1.86. The molecule has 4 aromatic rings. The molecule has 0 aliphatic rings. The zero-order valence-corrected chi connectivity index (χ0v) is 14.1. The van der Waals surface area contributed by atoms with Crippen LogP contribution < -0.4 is 5.73 Å². The van der Waals surface area contributed by atoms with E-state index in [9.17, 15) is 13.6 Å². The Morgan fingerprint density at radius 2 is 1.85 bits per heavy atom. The highest BCUT2D eigenvalue weighted by atomic mass is 35.5. The molecule has 0 aliphatic carbocycles. The van der Waals surface area contributed by atoms with E-state index >= 15 is 0 Å². The Morgan fingerprint density at radius 1 is 1.12 bits per heavy atom. The van der Waals surface area contributed by atoms with Gasteiger partial charge in [0.1, 0.15) is 11.6 Å². The summed E-state index contributed by atoms with van der Waals surface area (Å²) in [4.78, 5) is 11.9. The van der Waals surface area contributed by atoms with E-state index in [0.717, 1.165) is 6.07 Å². The molecule has 3 nitrogen and oxygen atoms in total. The van der Waals surface area contributed by atoms with Gasteiger partial charge in [0, 0.05) is 34.0 Å². The summed E-state index contributed by atoms with van der Waals surface area (Å²) in [7, 11) is 0. The second-order valence-corrected chi connectivity index (χ2v) is 6.44. The van der Waals surface area contributed by atoms with Gasteiger partial charge in [-0.25, -0.2) is 8.78 Å². The number of nitrogens with zero attached hydrogens (tertiary/aromatic N) is 1. The van der Waals surface area contributed by atoms with Crippen LogP contribution in [0.3, 0.4) is 0 Å². The Kier molecular flexibility index (Phi) is 3.89. The minimum Gasteiger partial charge on any atom is -0.366 e. The van der Waals surface area contributed by atoms with Gasteiger partial charge in [-0.05, 0) is 48.0 Å². The van der Waals surface area contributed by atoms with Crippen LogP contribution in [0.1, 0.15) is 15.9 Å². The Morgan fingerprint density at radius 3 is 2.54 bits per heavy atom. The molecule has 0 fully saturated rings. The van der Waals surface area contributed by atoms with E-state index in [1.54, 1.807) is 24.3 Å². The number of carbonyl (C=O) groups excluding carboxylic acids is 1. The third kappa shape index (κ3) is 2.70. The first kappa shape index (κ1) is 16.5. The summed E-state index contributed by atoms with van der Waals surface area (Å²) in [5.41, 5.74) is 7.73. The van der Waals surface area contributed by atoms with E-state index < -0.39 is 17.5 Å². The van der Waals surface area contributed by atoms with E-state index in [1.807, 2.05) is 10.6 Å². The Hall–Kier alpha value is -2.92. The molecule has 6 heteroatoms. The van der Waals surface area contributed by atoms with Crippen molar-refractivity contribution in [3.8, 4) is 0 Å². The first-order chi connectivity index (χ1) is 12.4. The molecule has 1 amide bonds. The summed E-state index contributed by atoms with van der Waals surface area (Å²) < 4.78 is 29.0. The third-order valence-electron chi connectivity index (χ3n) is 4.29. The zero-order valence-electron chi connectivity index (χ0n) is 13.4. The molecule has 26 heavy (non-hydrogen) atoms. The van der Waals surface area contributed by atoms with Gasteiger partial charge in [-0.1, -0.05) is 17.7 Å². The van der Waals surface area contributed by atoms with Crippen LogP contribution in [0.4, 0.5) is 8.78 Å². The number of nitrogens with two attached hydrogens (primary N) is 1. The van der Waals surface area contributed by atoms with E-state index in [4.69, 9.17) is 17.3 Å². The number of hydrogen-bond donors (Lipinski definition) is 1. The van der Waals surface area contributed by atoms with Crippen LogP contribution in [0.5, 0.6) is 0 Å². The van der Waals surface area contributed by atoms with Crippen LogP contribution in [0, 0.1) is 17.7 Å². The monoisotopic (exact) mass is 369 g/mol. The molecule has 1 radical (unpaired) electrons. The maximum absolute atomic E-state index is 13.6. The van der Waals surface area contributed by atoms with E-state index in [2.05, 4.69) is 6.07 Å². The molecule has 0 saturated carbocycles. The van der Waals surface area contributed by atoms with Gasteiger partial charge in [0.25, 0.3) is 0 Å². The lowest BCUT2D eigenvalue weighted by atomic mass is 10.1. The molecule has 0 spiro atoms. The molecule has 4 rings (SSSR count). The molecule has 2 N–H and O–H groups in total. The van der Waals surface area contributed by atoms with E-state index in [-0.39, 0.29) is 6.54 Å². The number of benzene rings is 3. The van der Waals surface area contributed by atoms with Gasteiger partial charge in [-0.3, -0.25) is 4.79 Å². The highest BCUT2D eigenvalue weighted by Gasteiger charge is 2.17. The smallest absolute Gasteiger partial charge is 0.249 e. The maximum atomic E-state index is 13.6. The largest absolute Gasteiger partial charge is 0.366 e. The van der Waals surface area contributed by atoms with Crippen LogP contribution in [0.25, 0.3) is 21.8 Å². The minimum atomic E-state index is -0.650. The lowest BCUT2D eigenvalue weighted by molar-refractivity contribution is 0.100. The fourth-order valence-corrected chi connectivity index (χ4v) is 3.45. The molecule has 0 saturated heterocycles. The standard InChI is InChI=1S/C20H12ClF2N2O/c21-12-4-5-15-18(8-12)25(10-11-6-13(22)9-14(23)7-11)17-3-1-2-16(19(15)17)20(24)26/h1-4,6-9H,10H2,(H2,24,26). The Bertz CT molecular complexity index is 1160. The summed E-state index contributed by atoms with van der Waals surface area (Å²) >= 11 is 6.12. The number of primary amides is 1. The fourth-order valence-electron chi connectivity index (χ4n) is 3.29. The Labute approximate surface area is 152 Å². The third-order valence-corrected chi connectivity index (χ3v) is 4.51. The van der Waals surface area contributed by atoms with E-state index in [0.29, 0.717) is 38.0 Å². The number of rotatable bonds is 3. The SMILES string of the molecule is NC(=O)c1cccc2c1c1[c]cc(Cl)cc1n2Cc1cc(F)cc(F)c1. The quantitative estimate of drug-likeness (QED) is 0.560. The molecule has 0 unspecified atom stereocenters. The zero-order chi connectivity index (χ0) is 18.4. The van der Waals surface area contributed by atoms with Crippen molar-refractivity contribution >= 4 is 39.3 Å². The molecule has 1 aromatic heterocycles.